The van der Waals surface area contributed by atoms with Crippen molar-refractivity contribution in [2.24, 2.45) is 0 Å². The highest BCUT2D eigenvalue weighted by Crippen LogP contribution is 2.33. The number of para-hydroxylation sites is 1. The van der Waals surface area contributed by atoms with Gasteiger partial charge >= 0.3 is 0 Å². The first-order chi connectivity index (χ1) is 14.5. The predicted octanol–water partition coefficient (Wildman–Crippen LogP) is 3.67. The van der Waals surface area contributed by atoms with E-state index < -0.39 is 6.10 Å². The standard InChI is InChI=1S/C23H25N3O4/c1-15-21(27)25-19-8-6-7-18(20(19)30-15)22(28)24-17-11-9-16(10-12-17)23(29)26-13-4-2-3-5-14-26/h6-12,15H,2-5,13-14H2,1H3,(H,24,28)(H,25,27)/t15-/m1/s1. The Kier molecular flexibility index (Phi) is 5.70. The maximum absolute atomic E-state index is 12.8. The maximum atomic E-state index is 12.8. The molecule has 2 N–H and O–H groups in total. The number of rotatable bonds is 3. The van der Waals surface area contributed by atoms with Crippen LogP contribution < -0.4 is 15.4 Å². The Morgan fingerprint density at radius 2 is 1.73 bits per heavy atom. The minimum atomic E-state index is -0.671. The molecular formula is C23H25N3O4. The average molecular weight is 407 g/mol. The molecule has 3 amide bonds. The molecule has 7 heteroatoms. The van der Waals surface area contributed by atoms with Crippen LogP contribution in [0.4, 0.5) is 11.4 Å². The van der Waals surface area contributed by atoms with Gasteiger partial charge in [0.05, 0.1) is 11.3 Å². The van der Waals surface area contributed by atoms with Crippen LogP contribution in [-0.4, -0.2) is 41.8 Å². The molecule has 0 aliphatic carbocycles. The Balaban J connectivity index is 1.46. The van der Waals surface area contributed by atoms with Crippen molar-refractivity contribution in [1.29, 1.82) is 0 Å². The van der Waals surface area contributed by atoms with Crippen LogP contribution in [0.3, 0.4) is 0 Å². The van der Waals surface area contributed by atoms with Crippen molar-refractivity contribution in [1.82, 2.24) is 4.90 Å². The van der Waals surface area contributed by atoms with Crippen molar-refractivity contribution in [2.45, 2.75) is 38.7 Å². The van der Waals surface area contributed by atoms with Crippen molar-refractivity contribution in [2.75, 3.05) is 23.7 Å². The van der Waals surface area contributed by atoms with Crippen LogP contribution in [-0.2, 0) is 4.79 Å². The Labute approximate surface area is 175 Å². The lowest BCUT2D eigenvalue weighted by atomic mass is 10.1. The van der Waals surface area contributed by atoms with Gasteiger partial charge in [0, 0.05) is 24.3 Å². The number of anilines is 2. The molecule has 0 radical (unpaired) electrons. The Morgan fingerprint density at radius 1 is 1.03 bits per heavy atom. The average Bonchev–Trinajstić information content (AvgIpc) is 3.04. The van der Waals surface area contributed by atoms with E-state index >= 15 is 0 Å². The molecule has 2 aromatic carbocycles. The summed E-state index contributed by atoms with van der Waals surface area (Å²) in [5, 5.41) is 5.57. The van der Waals surface area contributed by atoms with Gasteiger partial charge in [0.1, 0.15) is 0 Å². The van der Waals surface area contributed by atoms with E-state index in [2.05, 4.69) is 10.6 Å². The highest BCUT2D eigenvalue weighted by atomic mass is 16.5. The Hall–Kier alpha value is -3.35. The zero-order chi connectivity index (χ0) is 21.1. The van der Waals surface area contributed by atoms with Crippen molar-refractivity contribution >= 4 is 29.1 Å². The topological polar surface area (TPSA) is 87.7 Å². The van der Waals surface area contributed by atoms with Gasteiger partial charge in [-0.05, 0) is 56.2 Å². The van der Waals surface area contributed by atoms with Gasteiger partial charge < -0.3 is 20.3 Å². The quantitative estimate of drug-likeness (QED) is 0.813. The summed E-state index contributed by atoms with van der Waals surface area (Å²) < 4.78 is 5.64. The van der Waals surface area contributed by atoms with E-state index in [1.165, 1.54) is 12.8 Å². The van der Waals surface area contributed by atoms with Crippen molar-refractivity contribution in [3.05, 3.63) is 53.6 Å². The van der Waals surface area contributed by atoms with E-state index in [0.29, 0.717) is 28.3 Å². The third kappa shape index (κ3) is 4.15. The summed E-state index contributed by atoms with van der Waals surface area (Å²) >= 11 is 0. The predicted molar refractivity (Wildman–Crippen MR) is 114 cm³/mol. The van der Waals surface area contributed by atoms with Crippen LogP contribution in [0.15, 0.2) is 42.5 Å². The summed E-state index contributed by atoms with van der Waals surface area (Å²) in [6.45, 7) is 3.23. The molecule has 1 fully saturated rings. The van der Waals surface area contributed by atoms with E-state index in [-0.39, 0.29) is 17.7 Å². The molecule has 2 aliphatic rings. The summed E-state index contributed by atoms with van der Waals surface area (Å²) in [5.41, 5.74) is 2.01. The van der Waals surface area contributed by atoms with Gasteiger partial charge in [-0.1, -0.05) is 18.9 Å². The van der Waals surface area contributed by atoms with E-state index in [9.17, 15) is 14.4 Å². The van der Waals surface area contributed by atoms with E-state index in [1.807, 2.05) is 4.90 Å². The molecule has 0 bridgehead atoms. The molecule has 0 aromatic heterocycles. The highest BCUT2D eigenvalue weighted by Gasteiger charge is 2.27. The molecule has 0 saturated carbocycles. The first-order valence-corrected chi connectivity index (χ1v) is 10.3. The molecular weight excluding hydrogens is 382 g/mol. The fraction of sp³-hybridized carbons (Fsp3) is 0.348. The molecule has 1 atom stereocenters. The normalized spacial score (nSPS) is 18.5. The summed E-state index contributed by atoms with van der Waals surface area (Å²) in [6, 6.07) is 12.0. The summed E-state index contributed by atoms with van der Waals surface area (Å²) in [5.74, 6) is -0.202. The molecule has 0 unspecified atom stereocenters. The van der Waals surface area contributed by atoms with Crippen molar-refractivity contribution in [3.8, 4) is 5.75 Å². The second-order valence-corrected chi connectivity index (χ2v) is 7.67. The Bertz CT molecular complexity index is 963. The second kappa shape index (κ2) is 8.57. The first-order valence-electron chi connectivity index (χ1n) is 10.3. The Morgan fingerprint density at radius 3 is 2.43 bits per heavy atom. The fourth-order valence-electron chi connectivity index (χ4n) is 3.76. The number of carbonyl (C=O) groups is 3. The van der Waals surface area contributed by atoms with Crippen molar-refractivity contribution < 1.29 is 19.1 Å². The zero-order valence-corrected chi connectivity index (χ0v) is 16.9. The van der Waals surface area contributed by atoms with Gasteiger partial charge in [-0.3, -0.25) is 14.4 Å². The van der Waals surface area contributed by atoms with Crippen LogP contribution >= 0.6 is 0 Å². The second-order valence-electron chi connectivity index (χ2n) is 7.67. The summed E-state index contributed by atoms with van der Waals surface area (Å²) in [4.78, 5) is 39.2. The minimum absolute atomic E-state index is 0.0324. The van der Waals surface area contributed by atoms with Crippen LogP contribution in [0, 0.1) is 0 Å². The molecule has 2 heterocycles. The van der Waals surface area contributed by atoms with E-state index in [0.717, 1.165) is 25.9 Å². The number of hydrogen-bond acceptors (Lipinski definition) is 4. The number of hydrogen-bond donors (Lipinski definition) is 2. The van der Waals surface area contributed by atoms with E-state index in [1.54, 1.807) is 49.4 Å². The van der Waals surface area contributed by atoms with Gasteiger partial charge in [-0.2, -0.15) is 0 Å². The third-order valence-electron chi connectivity index (χ3n) is 5.46. The first kappa shape index (κ1) is 19.9. The van der Waals surface area contributed by atoms with Crippen molar-refractivity contribution in [3.63, 3.8) is 0 Å². The minimum Gasteiger partial charge on any atom is -0.478 e. The smallest absolute Gasteiger partial charge is 0.265 e. The molecule has 2 aliphatic heterocycles. The molecule has 4 rings (SSSR count). The third-order valence-corrected chi connectivity index (χ3v) is 5.46. The van der Waals surface area contributed by atoms with Gasteiger partial charge in [0.25, 0.3) is 17.7 Å². The number of amides is 3. The fourth-order valence-corrected chi connectivity index (χ4v) is 3.76. The number of carbonyl (C=O) groups excluding carboxylic acids is 3. The molecule has 1 saturated heterocycles. The molecule has 0 spiro atoms. The number of benzene rings is 2. The summed E-state index contributed by atoms with van der Waals surface area (Å²) in [6.07, 6.45) is 3.76. The summed E-state index contributed by atoms with van der Waals surface area (Å²) in [7, 11) is 0. The lowest BCUT2D eigenvalue weighted by molar-refractivity contribution is -0.122. The number of ether oxygens (including phenoxy) is 1. The van der Waals surface area contributed by atoms with Gasteiger partial charge in [-0.25, -0.2) is 0 Å². The molecule has 7 nitrogen and oxygen atoms in total. The van der Waals surface area contributed by atoms with Gasteiger partial charge in [0.15, 0.2) is 11.9 Å². The monoisotopic (exact) mass is 407 g/mol. The number of likely N-dealkylation sites (tertiary alicyclic amines) is 1. The zero-order valence-electron chi connectivity index (χ0n) is 16.9. The van der Waals surface area contributed by atoms with E-state index in [4.69, 9.17) is 4.74 Å². The lowest BCUT2D eigenvalue weighted by Gasteiger charge is -2.25. The highest BCUT2D eigenvalue weighted by molar-refractivity contribution is 6.09. The number of fused-ring (bicyclic) bond motifs is 1. The SMILES string of the molecule is C[C@H]1Oc2c(cccc2C(=O)Nc2ccc(C(=O)N3CCCCCC3)cc2)NC1=O. The number of nitrogens with zero attached hydrogens (tertiary/aromatic N) is 1. The van der Waals surface area contributed by atoms with Crippen LogP contribution in [0.5, 0.6) is 5.75 Å². The van der Waals surface area contributed by atoms with Gasteiger partial charge in [-0.15, -0.1) is 0 Å². The van der Waals surface area contributed by atoms with Crippen LogP contribution in [0.1, 0.15) is 53.3 Å². The maximum Gasteiger partial charge on any atom is 0.265 e. The lowest BCUT2D eigenvalue weighted by Crippen LogP contribution is -2.35. The molecule has 2 aromatic rings. The molecule has 30 heavy (non-hydrogen) atoms. The number of nitrogens with one attached hydrogen (secondary N) is 2. The molecule has 156 valence electrons. The van der Waals surface area contributed by atoms with Crippen LogP contribution in [0.25, 0.3) is 0 Å². The largest absolute Gasteiger partial charge is 0.478 e. The van der Waals surface area contributed by atoms with Crippen LogP contribution in [0.2, 0.25) is 0 Å². The van der Waals surface area contributed by atoms with Gasteiger partial charge in [0.2, 0.25) is 0 Å².